The van der Waals surface area contributed by atoms with Gasteiger partial charge >= 0.3 is 0 Å². The number of benzene rings is 2. The maximum absolute atomic E-state index is 12.4. The lowest BCUT2D eigenvalue weighted by atomic mass is 10.3. The quantitative estimate of drug-likeness (QED) is 0.534. The summed E-state index contributed by atoms with van der Waals surface area (Å²) in [5.74, 6) is 0.402. The summed E-state index contributed by atoms with van der Waals surface area (Å²) in [6.45, 7) is -0.269. The highest BCUT2D eigenvalue weighted by molar-refractivity contribution is 7.89. The van der Waals surface area contributed by atoms with Gasteiger partial charge in [0.2, 0.25) is 10.0 Å². The third kappa shape index (κ3) is 5.98. The number of hydrogen-bond acceptors (Lipinski definition) is 5. The van der Waals surface area contributed by atoms with E-state index in [1.54, 1.807) is 30.3 Å². The van der Waals surface area contributed by atoms with Crippen LogP contribution in [0.3, 0.4) is 0 Å². The number of furan rings is 1. The topological polar surface area (TPSA) is 97.6 Å². The molecule has 29 heavy (non-hydrogen) atoms. The molecule has 10 heteroatoms. The number of sulfonamides is 1. The highest BCUT2D eigenvalue weighted by Gasteiger charge is 2.15. The van der Waals surface area contributed by atoms with Crippen LogP contribution in [0.15, 0.2) is 70.2 Å². The molecule has 1 aromatic heterocycles. The Balaban J connectivity index is 1.59. The molecule has 3 aromatic rings. The van der Waals surface area contributed by atoms with Crippen molar-refractivity contribution >= 4 is 44.8 Å². The minimum atomic E-state index is -3.78. The Morgan fingerprint density at radius 1 is 1.03 bits per heavy atom. The van der Waals surface area contributed by atoms with Crippen LogP contribution in [0.2, 0.25) is 10.0 Å². The van der Waals surface area contributed by atoms with E-state index in [2.05, 4.69) is 10.0 Å². The van der Waals surface area contributed by atoms with Gasteiger partial charge in [0.1, 0.15) is 11.5 Å². The first kappa shape index (κ1) is 21.2. The minimum Gasteiger partial charge on any atom is -0.484 e. The zero-order chi connectivity index (χ0) is 20.9. The van der Waals surface area contributed by atoms with Gasteiger partial charge in [-0.25, -0.2) is 13.1 Å². The number of rotatable bonds is 8. The van der Waals surface area contributed by atoms with Crippen LogP contribution in [0.4, 0.5) is 5.69 Å². The molecule has 2 aromatic carbocycles. The number of carbonyl (C=O) groups excluding carboxylic acids is 1. The molecule has 2 N–H and O–H groups in total. The van der Waals surface area contributed by atoms with Gasteiger partial charge in [-0.2, -0.15) is 0 Å². The number of ether oxygens (including phenoxy) is 1. The van der Waals surface area contributed by atoms with E-state index in [9.17, 15) is 13.2 Å². The molecule has 1 amide bonds. The van der Waals surface area contributed by atoms with E-state index >= 15 is 0 Å². The van der Waals surface area contributed by atoms with Crippen molar-refractivity contribution < 1.29 is 22.4 Å². The largest absolute Gasteiger partial charge is 0.484 e. The van der Waals surface area contributed by atoms with Gasteiger partial charge in [0, 0.05) is 11.8 Å². The van der Waals surface area contributed by atoms with Crippen LogP contribution in [0.1, 0.15) is 5.76 Å². The van der Waals surface area contributed by atoms with E-state index in [4.69, 9.17) is 32.4 Å². The van der Waals surface area contributed by atoms with Gasteiger partial charge in [0.25, 0.3) is 5.91 Å². The fourth-order valence-corrected chi connectivity index (χ4v) is 3.64. The van der Waals surface area contributed by atoms with E-state index in [-0.39, 0.29) is 18.0 Å². The first-order valence-electron chi connectivity index (χ1n) is 8.33. The first-order valence-corrected chi connectivity index (χ1v) is 10.6. The summed E-state index contributed by atoms with van der Waals surface area (Å²) in [5, 5.41) is 3.27. The lowest BCUT2D eigenvalue weighted by Crippen LogP contribution is -2.24. The molecule has 0 atom stereocenters. The summed E-state index contributed by atoms with van der Waals surface area (Å²) in [7, 11) is -3.78. The number of carbonyl (C=O) groups is 1. The minimum absolute atomic E-state index is 0.00672. The molecule has 0 unspecified atom stereocenters. The summed E-state index contributed by atoms with van der Waals surface area (Å²) in [5.41, 5.74) is 0.314. The normalized spacial score (nSPS) is 11.2. The second-order valence-corrected chi connectivity index (χ2v) is 8.43. The van der Waals surface area contributed by atoms with Gasteiger partial charge in [0.05, 0.1) is 27.7 Å². The van der Waals surface area contributed by atoms with Crippen LogP contribution in [0.25, 0.3) is 0 Å². The van der Waals surface area contributed by atoms with Crippen molar-refractivity contribution in [2.45, 2.75) is 11.4 Å². The highest BCUT2D eigenvalue weighted by Crippen LogP contribution is 2.26. The molecular formula is C19H16Cl2N2O5S. The van der Waals surface area contributed by atoms with Crippen LogP contribution in [-0.4, -0.2) is 20.9 Å². The third-order valence-corrected chi connectivity index (χ3v) is 5.84. The smallest absolute Gasteiger partial charge is 0.262 e. The fraction of sp³-hybridized carbons (Fsp3) is 0.105. The second-order valence-electron chi connectivity index (χ2n) is 5.84. The van der Waals surface area contributed by atoms with Gasteiger partial charge in [-0.15, -0.1) is 0 Å². The molecule has 0 fully saturated rings. The van der Waals surface area contributed by atoms with Crippen LogP contribution < -0.4 is 14.8 Å². The lowest BCUT2D eigenvalue weighted by molar-refractivity contribution is -0.118. The monoisotopic (exact) mass is 454 g/mol. The van der Waals surface area contributed by atoms with E-state index in [1.165, 1.54) is 30.5 Å². The van der Waals surface area contributed by atoms with E-state index in [0.717, 1.165) is 0 Å². The molecule has 0 aliphatic heterocycles. The molecule has 1 heterocycles. The molecule has 3 rings (SSSR count). The molecule has 0 saturated heterocycles. The van der Waals surface area contributed by atoms with E-state index < -0.39 is 15.9 Å². The molecule has 0 bridgehead atoms. The molecule has 7 nitrogen and oxygen atoms in total. The Hall–Kier alpha value is -2.52. The molecule has 0 aliphatic carbocycles. The molecule has 0 radical (unpaired) electrons. The van der Waals surface area contributed by atoms with Crippen molar-refractivity contribution in [1.29, 1.82) is 0 Å². The Morgan fingerprint density at radius 2 is 1.86 bits per heavy atom. The average molecular weight is 455 g/mol. The summed E-state index contributed by atoms with van der Waals surface area (Å²) in [6.07, 6.45) is 1.46. The average Bonchev–Trinajstić information content (AvgIpc) is 3.21. The molecule has 0 spiro atoms. The van der Waals surface area contributed by atoms with Gasteiger partial charge < -0.3 is 14.5 Å². The Labute approximate surface area is 177 Å². The highest BCUT2D eigenvalue weighted by atomic mass is 35.5. The van der Waals surface area contributed by atoms with Crippen LogP contribution in [0.5, 0.6) is 5.75 Å². The van der Waals surface area contributed by atoms with Crippen molar-refractivity contribution in [3.8, 4) is 5.75 Å². The van der Waals surface area contributed by atoms with Crippen molar-refractivity contribution in [2.75, 3.05) is 11.9 Å². The maximum Gasteiger partial charge on any atom is 0.262 e. The fourth-order valence-electron chi connectivity index (χ4n) is 2.32. The van der Waals surface area contributed by atoms with Gasteiger partial charge in [0.15, 0.2) is 6.61 Å². The SMILES string of the molecule is O=C(COc1ccc(Cl)c(Cl)c1)Nc1cccc(S(=O)(=O)NCc2ccco2)c1. The Morgan fingerprint density at radius 3 is 2.59 bits per heavy atom. The molecule has 152 valence electrons. The molecule has 0 saturated carbocycles. The van der Waals surface area contributed by atoms with E-state index in [1.807, 2.05) is 0 Å². The predicted molar refractivity (Wildman–Crippen MR) is 110 cm³/mol. The Bertz CT molecular complexity index is 1100. The Kier molecular flexibility index (Phi) is 6.81. The predicted octanol–water partition coefficient (Wildman–Crippen LogP) is 4.08. The van der Waals surface area contributed by atoms with Crippen molar-refractivity contribution in [3.63, 3.8) is 0 Å². The molecule has 0 aliphatic rings. The van der Waals surface area contributed by atoms with Crippen molar-refractivity contribution in [3.05, 3.63) is 76.7 Å². The van der Waals surface area contributed by atoms with Gasteiger partial charge in [-0.1, -0.05) is 29.3 Å². The second kappa shape index (κ2) is 9.32. The molecular weight excluding hydrogens is 439 g/mol. The number of halogens is 2. The van der Waals surface area contributed by atoms with Gasteiger partial charge in [-0.3, -0.25) is 4.79 Å². The summed E-state index contributed by atoms with van der Waals surface area (Å²) < 4.78 is 37.7. The zero-order valence-electron chi connectivity index (χ0n) is 14.9. The van der Waals surface area contributed by atoms with Crippen molar-refractivity contribution in [1.82, 2.24) is 4.72 Å². The van der Waals surface area contributed by atoms with Crippen LogP contribution in [0, 0.1) is 0 Å². The zero-order valence-corrected chi connectivity index (χ0v) is 17.2. The first-order chi connectivity index (χ1) is 13.8. The lowest BCUT2D eigenvalue weighted by Gasteiger charge is -2.10. The summed E-state index contributed by atoms with van der Waals surface area (Å²) >= 11 is 11.7. The summed E-state index contributed by atoms with van der Waals surface area (Å²) in [6, 6.07) is 13.8. The maximum atomic E-state index is 12.4. The number of anilines is 1. The van der Waals surface area contributed by atoms with E-state index in [0.29, 0.717) is 27.2 Å². The summed E-state index contributed by atoms with van der Waals surface area (Å²) in [4.78, 5) is 12.1. The third-order valence-electron chi connectivity index (χ3n) is 3.71. The van der Waals surface area contributed by atoms with Crippen LogP contribution >= 0.6 is 23.2 Å². The van der Waals surface area contributed by atoms with Crippen molar-refractivity contribution in [2.24, 2.45) is 0 Å². The number of hydrogen-bond donors (Lipinski definition) is 2. The number of nitrogens with one attached hydrogen (secondary N) is 2. The standard InChI is InChI=1S/C19H16Cl2N2O5S/c20-17-7-6-14(10-18(17)21)28-12-19(24)23-13-3-1-5-16(9-13)29(25,26)22-11-15-4-2-8-27-15/h1-10,22H,11-12H2,(H,23,24). The number of amides is 1. The van der Waals surface area contributed by atoms with Crippen LogP contribution in [-0.2, 0) is 21.4 Å². The van der Waals surface area contributed by atoms with Gasteiger partial charge in [-0.05, 0) is 42.5 Å².